The Morgan fingerprint density at radius 3 is 1.91 bits per heavy atom. The van der Waals surface area contributed by atoms with E-state index in [4.69, 9.17) is 21.1 Å². The minimum absolute atomic E-state index is 0.0872. The first-order valence-corrected chi connectivity index (χ1v) is 12.4. The van der Waals surface area contributed by atoms with Gasteiger partial charge in [0.15, 0.2) is 0 Å². The number of ether oxygens (including phenoxy) is 2. The maximum atomic E-state index is 10.3. The number of alkyl halides is 1. The number of halogens is 2. The molecule has 0 saturated heterocycles. The Morgan fingerprint density at radius 1 is 0.941 bits per heavy atom. The van der Waals surface area contributed by atoms with Gasteiger partial charge in [-0.05, 0) is 58.0 Å². The lowest BCUT2D eigenvalue weighted by Gasteiger charge is -2.26. The van der Waals surface area contributed by atoms with E-state index in [2.05, 4.69) is 24.2 Å². The largest absolute Gasteiger partial charge is 0.491 e. The number of rotatable bonds is 12. The summed E-state index contributed by atoms with van der Waals surface area (Å²) in [5, 5.41) is 37.1. The standard InChI is InChI=1S/C24H29ClIN3O5/c1-24(2,16-3-7-20(8-4-16)33-14-18(31)11-25)17-5-9-21(10-6-17)34-15-19(32)12-29-22(13-30)23(26)27-28-29/h3-10,18-19,30-32H,11-15H2,1-2H3/t18-,19-/m1/s1. The molecule has 184 valence electrons. The predicted molar refractivity (Wildman–Crippen MR) is 137 cm³/mol. The second kappa shape index (κ2) is 12.2. The molecule has 0 bridgehead atoms. The molecule has 3 N–H and O–H groups in total. The SMILES string of the molecule is CC(C)(c1ccc(OC[C@H](O)CCl)cc1)c1ccc(OC[C@H](O)Cn2nnc(I)c2CO)cc1. The number of benzene rings is 2. The van der Waals surface area contributed by atoms with Gasteiger partial charge in [0.1, 0.15) is 40.6 Å². The molecule has 0 fully saturated rings. The van der Waals surface area contributed by atoms with Gasteiger partial charge in [-0.15, -0.1) is 16.7 Å². The Labute approximate surface area is 217 Å². The van der Waals surface area contributed by atoms with Crippen molar-refractivity contribution in [2.24, 2.45) is 0 Å². The summed E-state index contributed by atoms with van der Waals surface area (Å²) in [6, 6.07) is 15.6. The molecule has 2 atom stereocenters. The van der Waals surface area contributed by atoms with Crippen LogP contribution in [0.1, 0.15) is 30.7 Å². The predicted octanol–water partition coefficient (Wildman–Crippen LogP) is 3.12. The highest BCUT2D eigenvalue weighted by Gasteiger charge is 2.23. The van der Waals surface area contributed by atoms with Crippen LogP contribution < -0.4 is 9.47 Å². The van der Waals surface area contributed by atoms with E-state index < -0.39 is 12.2 Å². The number of hydrogen-bond donors (Lipinski definition) is 3. The van der Waals surface area contributed by atoms with E-state index in [0.29, 0.717) is 20.9 Å². The molecule has 10 heteroatoms. The van der Waals surface area contributed by atoms with E-state index in [0.717, 1.165) is 11.1 Å². The van der Waals surface area contributed by atoms with Crippen LogP contribution in [0.2, 0.25) is 0 Å². The molecule has 0 aliphatic carbocycles. The van der Waals surface area contributed by atoms with Gasteiger partial charge in [0.2, 0.25) is 0 Å². The minimum Gasteiger partial charge on any atom is -0.491 e. The van der Waals surface area contributed by atoms with Crippen molar-refractivity contribution >= 4 is 34.2 Å². The maximum Gasteiger partial charge on any atom is 0.149 e. The molecule has 0 amide bonds. The van der Waals surface area contributed by atoms with Gasteiger partial charge >= 0.3 is 0 Å². The molecule has 0 aliphatic rings. The van der Waals surface area contributed by atoms with Crippen LogP contribution in [0.3, 0.4) is 0 Å². The van der Waals surface area contributed by atoms with Gasteiger partial charge < -0.3 is 24.8 Å². The van der Waals surface area contributed by atoms with E-state index in [1.165, 1.54) is 4.68 Å². The van der Waals surface area contributed by atoms with Gasteiger partial charge in [-0.1, -0.05) is 43.3 Å². The van der Waals surface area contributed by atoms with Crippen molar-refractivity contribution in [3.8, 4) is 11.5 Å². The lowest BCUT2D eigenvalue weighted by molar-refractivity contribution is 0.0866. The van der Waals surface area contributed by atoms with Gasteiger partial charge in [-0.3, -0.25) is 0 Å². The molecular weight excluding hydrogens is 573 g/mol. The van der Waals surface area contributed by atoms with Crippen molar-refractivity contribution in [3.63, 3.8) is 0 Å². The van der Waals surface area contributed by atoms with Crippen LogP contribution >= 0.6 is 34.2 Å². The smallest absolute Gasteiger partial charge is 0.149 e. The highest BCUT2D eigenvalue weighted by atomic mass is 127. The van der Waals surface area contributed by atoms with Crippen LogP contribution in [0.15, 0.2) is 48.5 Å². The number of aliphatic hydroxyl groups excluding tert-OH is 3. The first-order chi connectivity index (χ1) is 16.2. The second-order valence-corrected chi connectivity index (χ2v) is 9.76. The molecule has 0 radical (unpaired) electrons. The Morgan fingerprint density at radius 2 is 1.44 bits per heavy atom. The van der Waals surface area contributed by atoms with Crippen molar-refractivity contribution < 1.29 is 24.8 Å². The van der Waals surface area contributed by atoms with E-state index in [1.54, 1.807) is 0 Å². The molecule has 2 aromatic carbocycles. The summed E-state index contributed by atoms with van der Waals surface area (Å²) in [7, 11) is 0. The Hall–Kier alpha value is -1.92. The van der Waals surface area contributed by atoms with Crippen LogP contribution in [0.25, 0.3) is 0 Å². The fourth-order valence-electron chi connectivity index (χ4n) is 3.39. The summed E-state index contributed by atoms with van der Waals surface area (Å²) in [4.78, 5) is 0. The molecule has 8 nitrogen and oxygen atoms in total. The van der Waals surface area contributed by atoms with Crippen LogP contribution in [-0.4, -0.2) is 61.6 Å². The van der Waals surface area contributed by atoms with Crippen LogP contribution in [0.4, 0.5) is 0 Å². The summed E-state index contributed by atoms with van der Waals surface area (Å²) in [6.45, 7) is 4.51. The summed E-state index contributed by atoms with van der Waals surface area (Å²) >= 11 is 7.59. The third-order valence-corrected chi connectivity index (χ3v) is 6.73. The van der Waals surface area contributed by atoms with E-state index >= 15 is 0 Å². The summed E-state index contributed by atoms with van der Waals surface area (Å²) in [6.07, 6.45) is -1.49. The third-order valence-electron chi connectivity index (χ3n) is 5.54. The van der Waals surface area contributed by atoms with E-state index in [1.807, 2.05) is 71.1 Å². The molecular formula is C24H29ClIN3O5. The zero-order valence-corrected chi connectivity index (χ0v) is 22.0. The van der Waals surface area contributed by atoms with Crippen molar-refractivity contribution in [1.29, 1.82) is 0 Å². The van der Waals surface area contributed by atoms with Crippen molar-refractivity contribution in [2.45, 2.75) is 44.6 Å². The summed E-state index contributed by atoms with van der Waals surface area (Å²) in [5.41, 5.74) is 2.54. The first kappa shape index (κ1) is 26.7. The van der Waals surface area contributed by atoms with Gasteiger partial charge in [-0.2, -0.15) is 0 Å². The topological polar surface area (TPSA) is 110 Å². The first-order valence-electron chi connectivity index (χ1n) is 10.8. The molecule has 0 spiro atoms. The Kier molecular flexibility index (Phi) is 9.55. The molecule has 0 aliphatic heterocycles. The number of aliphatic hydroxyl groups is 3. The highest BCUT2D eigenvalue weighted by molar-refractivity contribution is 14.1. The molecule has 3 rings (SSSR count). The van der Waals surface area contributed by atoms with Gasteiger partial charge in [0.25, 0.3) is 0 Å². The molecule has 3 aromatic rings. The maximum absolute atomic E-state index is 10.3. The molecule has 1 heterocycles. The van der Waals surface area contributed by atoms with Crippen molar-refractivity contribution in [3.05, 3.63) is 69.1 Å². The Balaban J connectivity index is 1.57. The van der Waals surface area contributed by atoms with Gasteiger partial charge in [0.05, 0.1) is 24.7 Å². The van der Waals surface area contributed by atoms with E-state index in [9.17, 15) is 15.3 Å². The lowest BCUT2D eigenvalue weighted by atomic mass is 9.78. The fraction of sp³-hybridized carbons (Fsp3) is 0.417. The normalized spacial score (nSPS) is 13.5. The third kappa shape index (κ3) is 6.82. The van der Waals surface area contributed by atoms with E-state index in [-0.39, 0.29) is 37.7 Å². The monoisotopic (exact) mass is 601 g/mol. The lowest BCUT2D eigenvalue weighted by Crippen LogP contribution is -2.25. The average Bonchev–Trinajstić information content (AvgIpc) is 3.20. The quantitative estimate of drug-likeness (QED) is 0.216. The molecule has 34 heavy (non-hydrogen) atoms. The fourth-order valence-corrected chi connectivity index (χ4v) is 4.02. The zero-order chi connectivity index (χ0) is 24.7. The molecule has 0 unspecified atom stereocenters. The number of hydrogen-bond acceptors (Lipinski definition) is 7. The second-order valence-electron chi connectivity index (χ2n) is 8.42. The van der Waals surface area contributed by atoms with Crippen molar-refractivity contribution in [1.82, 2.24) is 15.0 Å². The zero-order valence-electron chi connectivity index (χ0n) is 19.1. The van der Waals surface area contributed by atoms with Crippen LogP contribution in [0.5, 0.6) is 11.5 Å². The van der Waals surface area contributed by atoms with Crippen molar-refractivity contribution in [2.75, 3.05) is 19.1 Å². The average molecular weight is 602 g/mol. The van der Waals surface area contributed by atoms with Crippen LogP contribution in [-0.2, 0) is 18.6 Å². The summed E-state index contributed by atoms with van der Waals surface area (Å²) in [5.74, 6) is 1.46. The van der Waals surface area contributed by atoms with Crippen LogP contribution in [0, 0.1) is 3.70 Å². The number of aromatic nitrogens is 3. The minimum atomic E-state index is -0.801. The summed E-state index contributed by atoms with van der Waals surface area (Å²) < 4.78 is 13.4. The van der Waals surface area contributed by atoms with Gasteiger partial charge in [0, 0.05) is 5.41 Å². The molecule has 1 aromatic heterocycles. The molecule has 0 saturated carbocycles. The highest BCUT2D eigenvalue weighted by Crippen LogP contribution is 2.33. The Bertz CT molecular complexity index is 1040. The van der Waals surface area contributed by atoms with Gasteiger partial charge in [-0.25, -0.2) is 4.68 Å². The number of nitrogens with zero attached hydrogens (tertiary/aromatic N) is 3.